The first-order valence-corrected chi connectivity index (χ1v) is 15.6. The molecular weight excluding hydrogens is 555 g/mol. The van der Waals surface area contributed by atoms with Gasteiger partial charge in [-0.2, -0.15) is 0 Å². The number of rotatable bonds is 11. The molecule has 0 aromatic heterocycles. The Balaban J connectivity index is 1.68. The first-order chi connectivity index (χ1) is 20.4. The Morgan fingerprint density at radius 2 is 1.86 bits per heavy atom. The number of halogens is 1. The number of amides is 4. The van der Waals surface area contributed by atoms with E-state index >= 15 is 0 Å². The lowest BCUT2D eigenvalue weighted by Gasteiger charge is -2.38. The van der Waals surface area contributed by atoms with E-state index < -0.39 is 23.9 Å². The Bertz CT molecular complexity index is 1040. The number of piperidine rings is 1. The molecule has 2 fully saturated rings. The molecule has 0 radical (unpaired) electrons. The highest BCUT2D eigenvalue weighted by molar-refractivity contribution is 5.75. The molecule has 1 aliphatic carbocycles. The number of benzene rings is 1. The maximum absolute atomic E-state index is 14.2. The van der Waals surface area contributed by atoms with Crippen molar-refractivity contribution in [3.8, 4) is 0 Å². The van der Waals surface area contributed by atoms with Crippen molar-refractivity contribution in [2.24, 2.45) is 11.8 Å². The standard InChI is InChI=1S/C32H51FN4O6/c1-32(2,3)43-31(40)36(4)22-27(19-23-11-7-6-8-12-23)35-29(38)37-17-10-14-25(21-37)28(24-13-9-15-26(33)20-24)42-18-16-34-30(39)41-5/h9,13,15,20,23,25,27-28H,6-8,10-12,14,16-19,21-22H2,1-5H3,(H,34,39)(H,35,38)/t25-,27+,28?/m1/s1. The van der Waals surface area contributed by atoms with Crippen molar-refractivity contribution in [1.82, 2.24) is 20.4 Å². The van der Waals surface area contributed by atoms with E-state index in [-0.39, 0.29) is 37.0 Å². The van der Waals surface area contributed by atoms with Gasteiger partial charge < -0.3 is 34.6 Å². The Morgan fingerprint density at radius 3 is 2.53 bits per heavy atom. The summed E-state index contributed by atoms with van der Waals surface area (Å²) >= 11 is 0. The van der Waals surface area contributed by atoms with Gasteiger partial charge in [0.2, 0.25) is 0 Å². The number of carbonyl (C=O) groups is 3. The molecule has 2 aliphatic rings. The van der Waals surface area contributed by atoms with Crippen LogP contribution in [0.3, 0.4) is 0 Å². The topological polar surface area (TPSA) is 109 Å². The quantitative estimate of drug-likeness (QED) is 0.305. The van der Waals surface area contributed by atoms with Crippen molar-refractivity contribution >= 4 is 18.2 Å². The average molecular weight is 607 g/mol. The van der Waals surface area contributed by atoms with Crippen LogP contribution in [-0.2, 0) is 14.2 Å². The van der Waals surface area contributed by atoms with Crippen LogP contribution in [-0.4, -0.2) is 86.6 Å². The molecule has 3 rings (SSSR count). The van der Waals surface area contributed by atoms with Crippen LogP contribution < -0.4 is 10.6 Å². The third-order valence-corrected chi connectivity index (χ3v) is 8.07. The van der Waals surface area contributed by atoms with Gasteiger partial charge in [0.25, 0.3) is 0 Å². The highest BCUT2D eigenvalue weighted by Crippen LogP contribution is 2.33. The molecule has 1 aromatic rings. The number of urea groups is 1. The number of nitrogens with one attached hydrogen (secondary N) is 2. The molecule has 1 saturated carbocycles. The van der Waals surface area contributed by atoms with Crippen molar-refractivity contribution in [2.75, 3.05) is 46.9 Å². The van der Waals surface area contributed by atoms with E-state index in [0.717, 1.165) is 32.1 Å². The molecule has 1 unspecified atom stereocenters. The monoisotopic (exact) mass is 606 g/mol. The van der Waals surface area contributed by atoms with E-state index in [1.165, 1.54) is 38.5 Å². The van der Waals surface area contributed by atoms with Gasteiger partial charge in [0, 0.05) is 45.2 Å². The third-order valence-electron chi connectivity index (χ3n) is 8.07. The SMILES string of the molecule is COC(=O)NCCOC(c1cccc(F)c1)[C@@H]1CCCN(C(=O)N[C@@H](CC2CCCCC2)CN(C)C(=O)OC(C)(C)C)C1. The number of hydrogen-bond acceptors (Lipinski definition) is 6. The van der Waals surface area contributed by atoms with Crippen LogP contribution in [0, 0.1) is 17.7 Å². The van der Waals surface area contributed by atoms with Gasteiger partial charge in [-0.15, -0.1) is 0 Å². The van der Waals surface area contributed by atoms with Gasteiger partial charge >= 0.3 is 18.2 Å². The Hall–Kier alpha value is -3.08. The summed E-state index contributed by atoms with van der Waals surface area (Å²) in [5.41, 5.74) is 0.0887. The zero-order valence-electron chi connectivity index (χ0n) is 26.5. The molecule has 4 amide bonds. The van der Waals surface area contributed by atoms with E-state index in [0.29, 0.717) is 31.1 Å². The van der Waals surface area contributed by atoms with E-state index in [1.54, 1.807) is 22.9 Å². The van der Waals surface area contributed by atoms with E-state index in [4.69, 9.17) is 9.47 Å². The van der Waals surface area contributed by atoms with Crippen molar-refractivity contribution < 1.29 is 33.0 Å². The van der Waals surface area contributed by atoms with E-state index in [1.807, 2.05) is 26.8 Å². The molecule has 1 aliphatic heterocycles. The van der Waals surface area contributed by atoms with Crippen molar-refractivity contribution in [2.45, 2.75) is 89.9 Å². The molecule has 1 heterocycles. The first-order valence-electron chi connectivity index (χ1n) is 15.6. The lowest BCUT2D eigenvalue weighted by Crippen LogP contribution is -2.53. The Kier molecular flexibility index (Phi) is 13.3. The number of carbonyl (C=O) groups excluding carboxylic acids is 3. The van der Waals surface area contributed by atoms with Crippen LogP contribution in [0.5, 0.6) is 0 Å². The summed E-state index contributed by atoms with van der Waals surface area (Å²) in [6.45, 7) is 7.35. The summed E-state index contributed by atoms with van der Waals surface area (Å²) in [6, 6.07) is 5.94. The van der Waals surface area contributed by atoms with Crippen LogP contribution in [0.15, 0.2) is 24.3 Å². The van der Waals surface area contributed by atoms with E-state index in [9.17, 15) is 18.8 Å². The maximum Gasteiger partial charge on any atom is 0.410 e. The fourth-order valence-corrected chi connectivity index (χ4v) is 6.06. The minimum absolute atomic E-state index is 0.0688. The zero-order chi connectivity index (χ0) is 31.4. The highest BCUT2D eigenvalue weighted by Gasteiger charge is 2.33. The Morgan fingerprint density at radius 1 is 1.12 bits per heavy atom. The normalized spacial score (nSPS) is 19.2. The number of methoxy groups -OCH3 is 1. The number of nitrogens with zero attached hydrogens (tertiary/aromatic N) is 2. The molecule has 1 aromatic carbocycles. The van der Waals surface area contributed by atoms with Gasteiger partial charge in [0.15, 0.2) is 0 Å². The predicted molar refractivity (Wildman–Crippen MR) is 162 cm³/mol. The van der Waals surface area contributed by atoms with Crippen LogP contribution >= 0.6 is 0 Å². The van der Waals surface area contributed by atoms with Gasteiger partial charge in [-0.3, -0.25) is 0 Å². The number of ether oxygens (including phenoxy) is 3. The lowest BCUT2D eigenvalue weighted by atomic mass is 9.84. The zero-order valence-corrected chi connectivity index (χ0v) is 26.5. The largest absolute Gasteiger partial charge is 0.453 e. The molecule has 1 saturated heterocycles. The van der Waals surface area contributed by atoms with Crippen molar-refractivity contribution in [3.05, 3.63) is 35.6 Å². The summed E-state index contributed by atoms with van der Waals surface area (Å²) in [7, 11) is 3.00. The summed E-state index contributed by atoms with van der Waals surface area (Å²) in [5.74, 6) is 0.0778. The molecule has 11 heteroatoms. The molecular formula is C32H51FN4O6. The van der Waals surface area contributed by atoms with Crippen LogP contribution in [0.1, 0.15) is 83.8 Å². The lowest BCUT2D eigenvalue weighted by molar-refractivity contribution is -0.00894. The van der Waals surface area contributed by atoms with Crippen molar-refractivity contribution in [1.29, 1.82) is 0 Å². The average Bonchev–Trinajstić information content (AvgIpc) is 2.96. The highest BCUT2D eigenvalue weighted by atomic mass is 19.1. The molecule has 43 heavy (non-hydrogen) atoms. The van der Waals surface area contributed by atoms with Gasteiger partial charge in [0.05, 0.1) is 19.8 Å². The predicted octanol–water partition coefficient (Wildman–Crippen LogP) is 5.87. The van der Waals surface area contributed by atoms with E-state index in [2.05, 4.69) is 15.4 Å². The molecule has 10 nitrogen and oxygen atoms in total. The molecule has 2 N–H and O–H groups in total. The summed E-state index contributed by atoms with van der Waals surface area (Å²) in [4.78, 5) is 41.2. The molecule has 3 atom stereocenters. The van der Waals surface area contributed by atoms with Crippen LogP contribution in [0.4, 0.5) is 18.8 Å². The molecule has 0 spiro atoms. The Labute approximate surface area is 256 Å². The fourth-order valence-electron chi connectivity index (χ4n) is 6.06. The second kappa shape index (κ2) is 16.7. The number of alkyl carbamates (subject to hydrolysis) is 1. The summed E-state index contributed by atoms with van der Waals surface area (Å²) in [6.07, 6.45) is 6.86. The van der Waals surface area contributed by atoms with Crippen LogP contribution in [0.25, 0.3) is 0 Å². The van der Waals surface area contributed by atoms with Gasteiger partial charge in [0.1, 0.15) is 11.4 Å². The summed E-state index contributed by atoms with van der Waals surface area (Å²) < 4.78 is 30.6. The summed E-state index contributed by atoms with van der Waals surface area (Å²) in [5, 5.41) is 5.84. The minimum atomic E-state index is -0.605. The smallest absolute Gasteiger partial charge is 0.410 e. The number of likely N-dealkylation sites (N-methyl/N-ethyl adjacent to an activating group) is 1. The third kappa shape index (κ3) is 11.8. The maximum atomic E-state index is 14.2. The molecule has 0 bridgehead atoms. The number of likely N-dealkylation sites (tertiary alicyclic amines) is 1. The minimum Gasteiger partial charge on any atom is -0.453 e. The van der Waals surface area contributed by atoms with Crippen LogP contribution in [0.2, 0.25) is 0 Å². The fraction of sp³-hybridized carbons (Fsp3) is 0.719. The van der Waals surface area contributed by atoms with Gasteiger partial charge in [-0.25, -0.2) is 18.8 Å². The molecule has 242 valence electrons. The number of hydrogen-bond donors (Lipinski definition) is 2. The second-order valence-corrected chi connectivity index (χ2v) is 12.9. The second-order valence-electron chi connectivity index (χ2n) is 12.9. The first kappa shape index (κ1) is 34.4. The van der Waals surface area contributed by atoms with Gasteiger partial charge in [-0.1, -0.05) is 44.2 Å². The van der Waals surface area contributed by atoms with Crippen molar-refractivity contribution in [3.63, 3.8) is 0 Å². The van der Waals surface area contributed by atoms with Gasteiger partial charge in [-0.05, 0) is 63.6 Å².